The van der Waals surface area contributed by atoms with Crippen LogP contribution >= 0.6 is 0 Å². The zero-order valence-corrected chi connectivity index (χ0v) is 6.35. The molecule has 0 atom stereocenters. The van der Waals surface area contributed by atoms with Crippen LogP contribution in [0.3, 0.4) is 0 Å². The monoisotopic (exact) mass is 128 g/mol. The molecule has 1 nitrogen and oxygen atoms in total. The Labute approximate surface area is 57.4 Å². The summed E-state index contributed by atoms with van der Waals surface area (Å²) in [6.45, 7) is 4.55. The molecule has 1 N–H and O–H groups in total. The van der Waals surface area contributed by atoms with Gasteiger partial charge in [0.2, 0.25) is 0 Å². The normalized spacial score (nSPS) is 12.1. The third-order valence-electron chi connectivity index (χ3n) is 1.27. The lowest BCUT2D eigenvalue weighted by Gasteiger charge is -1.94. The van der Waals surface area contributed by atoms with Gasteiger partial charge < -0.3 is 5.11 Å². The maximum absolute atomic E-state index is 8.44. The Morgan fingerprint density at radius 3 is 2.67 bits per heavy atom. The van der Waals surface area contributed by atoms with Crippen molar-refractivity contribution in [2.45, 2.75) is 33.1 Å². The van der Waals surface area contributed by atoms with Crippen molar-refractivity contribution < 1.29 is 5.11 Å². The van der Waals surface area contributed by atoms with Crippen molar-refractivity contribution in [3.8, 4) is 0 Å². The Balaban J connectivity index is 3.30. The molecule has 0 aromatic carbocycles. The molecule has 0 bridgehead atoms. The SMILES string of the molecule is CCC/C(C)=C/CCO. The molecule has 1 heteroatoms. The van der Waals surface area contributed by atoms with Gasteiger partial charge in [-0.3, -0.25) is 0 Å². The quantitative estimate of drug-likeness (QED) is 0.575. The Kier molecular flexibility index (Phi) is 5.64. The molecule has 0 aromatic rings. The molecule has 0 spiro atoms. The van der Waals surface area contributed by atoms with Gasteiger partial charge in [0.25, 0.3) is 0 Å². The molecule has 0 saturated carbocycles. The van der Waals surface area contributed by atoms with Crippen molar-refractivity contribution >= 4 is 0 Å². The van der Waals surface area contributed by atoms with Crippen LogP contribution in [-0.2, 0) is 0 Å². The first-order chi connectivity index (χ1) is 4.31. The molecule has 0 aliphatic carbocycles. The molecule has 0 radical (unpaired) electrons. The lowest BCUT2D eigenvalue weighted by molar-refractivity contribution is 0.302. The fraction of sp³-hybridized carbons (Fsp3) is 0.750. The summed E-state index contributed by atoms with van der Waals surface area (Å²) in [6, 6.07) is 0. The topological polar surface area (TPSA) is 20.2 Å². The summed E-state index contributed by atoms with van der Waals surface area (Å²) < 4.78 is 0. The van der Waals surface area contributed by atoms with Crippen LogP contribution in [0.1, 0.15) is 33.1 Å². The highest BCUT2D eigenvalue weighted by Crippen LogP contribution is 2.03. The minimum absolute atomic E-state index is 0.279. The second-order valence-corrected chi connectivity index (χ2v) is 2.31. The van der Waals surface area contributed by atoms with Gasteiger partial charge in [0.05, 0.1) is 0 Å². The zero-order valence-electron chi connectivity index (χ0n) is 6.35. The second kappa shape index (κ2) is 5.83. The van der Waals surface area contributed by atoms with Crippen LogP contribution in [0.25, 0.3) is 0 Å². The van der Waals surface area contributed by atoms with Gasteiger partial charge in [-0.1, -0.05) is 25.0 Å². The Hall–Kier alpha value is -0.300. The summed E-state index contributed by atoms with van der Waals surface area (Å²) in [4.78, 5) is 0. The van der Waals surface area contributed by atoms with Crippen molar-refractivity contribution in [2.24, 2.45) is 0 Å². The molecule has 0 aliphatic rings. The van der Waals surface area contributed by atoms with Crippen molar-refractivity contribution in [1.82, 2.24) is 0 Å². The Morgan fingerprint density at radius 1 is 1.56 bits per heavy atom. The number of rotatable bonds is 4. The van der Waals surface area contributed by atoms with E-state index >= 15 is 0 Å². The smallest absolute Gasteiger partial charge is 0.0465 e. The molecule has 0 heterocycles. The first kappa shape index (κ1) is 8.70. The van der Waals surface area contributed by atoms with E-state index in [-0.39, 0.29) is 6.61 Å². The molecular formula is C8H16O. The number of aliphatic hydroxyl groups excluding tert-OH is 1. The van der Waals surface area contributed by atoms with Crippen LogP contribution in [0.5, 0.6) is 0 Å². The lowest BCUT2D eigenvalue weighted by Crippen LogP contribution is -1.80. The largest absolute Gasteiger partial charge is 0.396 e. The van der Waals surface area contributed by atoms with Gasteiger partial charge in [0.15, 0.2) is 0 Å². The third kappa shape index (κ3) is 5.57. The van der Waals surface area contributed by atoms with E-state index in [0.717, 1.165) is 6.42 Å². The van der Waals surface area contributed by atoms with Crippen LogP contribution in [0.15, 0.2) is 11.6 Å². The summed E-state index contributed by atoms with van der Waals surface area (Å²) in [6.07, 6.45) is 5.28. The number of hydrogen-bond acceptors (Lipinski definition) is 1. The van der Waals surface area contributed by atoms with E-state index in [1.165, 1.54) is 18.4 Å². The van der Waals surface area contributed by atoms with Crippen LogP contribution in [0.4, 0.5) is 0 Å². The first-order valence-electron chi connectivity index (χ1n) is 3.57. The molecule has 0 fully saturated rings. The van der Waals surface area contributed by atoms with E-state index in [9.17, 15) is 0 Å². The van der Waals surface area contributed by atoms with E-state index in [4.69, 9.17) is 5.11 Å². The predicted octanol–water partition coefficient (Wildman–Crippen LogP) is 2.12. The maximum atomic E-state index is 8.44. The summed E-state index contributed by atoms with van der Waals surface area (Å²) in [5, 5.41) is 8.44. The summed E-state index contributed by atoms with van der Waals surface area (Å²) in [5.74, 6) is 0. The lowest BCUT2D eigenvalue weighted by atomic mass is 10.1. The molecule has 0 amide bonds. The van der Waals surface area contributed by atoms with E-state index in [0.29, 0.717) is 0 Å². The van der Waals surface area contributed by atoms with Crippen molar-refractivity contribution in [2.75, 3.05) is 6.61 Å². The van der Waals surface area contributed by atoms with Gasteiger partial charge in [-0.15, -0.1) is 0 Å². The molecule has 0 aliphatic heterocycles. The fourth-order valence-electron chi connectivity index (χ4n) is 0.807. The van der Waals surface area contributed by atoms with Crippen LogP contribution in [0.2, 0.25) is 0 Å². The molecule has 54 valence electrons. The number of aliphatic hydroxyl groups is 1. The first-order valence-corrected chi connectivity index (χ1v) is 3.57. The van der Waals surface area contributed by atoms with Gasteiger partial charge in [0, 0.05) is 6.61 Å². The maximum Gasteiger partial charge on any atom is 0.0465 e. The molecule has 0 unspecified atom stereocenters. The molecule has 0 rings (SSSR count). The Morgan fingerprint density at radius 2 is 2.22 bits per heavy atom. The van der Waals surface area contributed by atoms with Gasteiger partial charge in [-0.25, -0.2) is 0 Å². The average molecular weight is 128 g/mol. The summed E-state index contributed by atoms with van der Waals surface area (Å²) in [7, 11) is 0. The zero-order chi connectivity index (χ0) is 7.11. The number of hydrogen-bond donors (Lipinski definition) is 1. The van der Waals surface area contributed by atoms with Crippen LogP contribution in [-0.4, -0.2) is 11.7 Å². The second-order valence-electron chi connectivity index (χ2n) is 2.31. The van der Waals surface area contributed by atoms with Crippen LogP contribution in [0, 0.1) is 0 Å². The summed E-state index contributed by atoms with van der Waals surface area (Å²) >= 11 is 0. The van der Waals surface area contributed by atoms with Crippen molar-refractivity contribution in [1.29, 1.82) is 0 Å². The average Bonchev–Trinajstić information content (AvgIpc) is 1.85. The van der Waals surface area contributed by atoms with Gasteiger partial charge in [-0.05, 0) is 19.8 Å². The van der Waals surface area contributed by atoms with Crippen molar-refractivity contribution in [3.05, 3.63) is 11.6 Å². The molecule has 0 aromatic heterocycles. The highest BCUT2D eigenvalue weighted by Gasteiger charge is 1.84. The minimum atomic E-state index is 0.279. The third-order valence-corrected chi connectivity index (χ3v) is 1.27. The van der Waals surface area contributed by atoms with E-state index in [1.807, 2.05) is 0 Å². The van der Waals surface area contributed by atoms with Crippen LogP contribution < -0.4 is 0 Å². The van der Waals surface area contributed by atoms with E-state index < -0.39 is 0 Å². The highest BCUT2D eigenvalue weighted by molar-refractivity contribution is 4.96. The highest BCUT2D eigenvalue weighted by atomic mass is 16.2. The van der Waals surface area contributed by atoms with Gasteiger partial charge in [-0.2, -0.15) is 0 Å². The predicted molar refractivity (Wildman–Crippen MR) is 40.4 cm³/mol. The molecular weight excluding hydrogens is 112 g/mol. The Bertz CT molecular complexity index is 84.6. The van der Waals surface area contributed by atoms with E-state index in [1.54, 1.807) is 0 Å². The van der Waals surface area contributed by atoms with E-state index in [2.05, 4.69) is 19.9 Å². The number of allylic oxidation sites excluding steroid dienone is 1. The van der Waals surface area contributed by atoms with Gasteiger partial charge >= 0.3 is 0 Å². The molecule has 9 heavy (non-hydrogen) atoms. The summed E-state index contributed by atoms with van der Waals surface area (Å²) in [5.41, 5.74) is 1.39. The molecule has 0 saturated heterocycles. The van der Waals surface area contributed by atoms with Gasteiger partial charge in [0.1, 0.15) is 0 Å². The fourth-order valence-corrected chi connectivity index (χ4v) is 0.807. The van der Waals surface area contributed by atoms with Crippen molar-refractivity contribution in [3.63, 3.8) is 0 Å². The minimum Gasteiger partial charge on any atom is -0.396 e. The standard InChI is InChI=1S/C8H16O/c1-3-5-8(2)6-4-7-9/h6,9H,3-5,7H2,1-2H3/b8-6+.